The maximum atomic E-state index is 15.8. The van der Waals surface area contributed by atoms with Crippen LogP contribution in [0.3, 0.4) is 0 Å². The van der Waals surface area contributed by atoms with Crippen LogP contribution in [-0.2, 0) is 25.2 Å². The molecule has 1 heterocycles. The van der Waals surface area contributed by atoms with E-state index >= 15 is 4.79 Å². The van der Waals surface area contributed by atoms with Crippen LogP contribution in [0.4, 0.5) is 5.69 Å². The lowest BCUT2D eigenvalue weighted by Gasteiger charge is -2.39. The topological polar surface area (TPSA) is 54.5 Å². The summed E-state index contributed by atoms with van der Waals surface area (Å²) in [5, 5.41) is 0.301. The molecule has 212 valence electrons. The van der Waals surface area contributed by atoms with Crippen LogP contribution < -0.4 is 4.90 Å². The van der Waals surface area contributed by atoms with Gasteiger partial charge in [-0.1, -0.05) is 145 Å². The van der Waals surface area contributed by atoms with Crippen LogP contribution in [0.5, 0.6) is 0 Å². The van der Waals surface area contributed by atoms with Gasteiger partial charge in [-0.15, -0.1) is 0 Å². The molecule has 4 nitrogen and oxygen atoms in total. The van der Waals surface area contributed by atoms with Crippen LogP contribution in [0.15, 0.2) is 146 Å². The summed E-state index contributed by atoms with van der Waals surface area (Å²) >= 11 is 6.64. The van der Waals surface area contributed by atoms with E-state index in [9.17, 15) is 9.59 Å². The average Bonchev–Trinajstić information content (AvgIpc) is 3.59. The number of carbonyl (C=O) groups excluding carboxylic acids is 3. The first-order valence-corrected chi connectivity index (χ1v) is 15.1. The van der Waals surface area contributed by atoms with Gasteiger partial charge in [0.15, 0.2) is 5.78 Å². The van der Waals surface area contributed by atoms with Gasteiger partial charge in [-0.2, -0.15) is 0 Å². The SMILES string of the molecule is O=C1[C@@H]2[C@H](C(=O)N1c1ccccc1Cl)[C@]1(c3ccccc3)C(=O)[C@]2(c2ccccc2)C(c2ccccc2)=C1c1ccccc1. The molecule has 4 atom stereocenters. The fourth-order valence-corrected chi connectivity index (χ4v) is 8.42. The Hall–Kier alpha value is -5.06. The van der Waals surface area contributed by atoms with Crippen LogP contribution in [0.25, 0.3) is 11.1 Å². The number of halogens is 1. The Morgan fingerprint density at radius 3 is 1.25 bits per heavy atom. The van der Waals surface area contributed by atoms with Crippen molar-refractivity contribution in [1.82, 2.24) is 0 Å². The number of hydrogen-bond acceptors (Lipinski definition) is 3. The van der Waals surface area contributed by atoms with Gasteiger partial charge in [0.25, 0.3) is 0 Å². The van der Waals surface area contributed by atoms with Crippen LogP contribution in [0, 0.1) is 11.8 Å². The van der Waals surface area contributed by atoms with Gasteiger partial charge in [0.1, 0.15) is 0 Å². The van der Waals surface area contributed by atoms with E-state index in [4.69, 9.17) is 11.6 Å². The molecule has 0 N–H and O–H groups in total. The summed E-state index contributed by atoms with van der Waals surface area (Å²) in [7, 11) is 0. The molecule has 0 aromatic heterocycles. The lowest BCUT2D eigenvalue weighted by molar-refractivity contribution is -0.130. The van der Waals surface area contributed by atoms with Crippen molar-refractivity contribution in [2.45, 2.75) is 10.8 Å². The maximum Gasteiger partial charge on any atom is 0.239 e. The molecule has 1 aliphatic heterocycles. The Morgan fingerprint density at radius 2 is 0.841 bits per heavy atom. The van der Waals surface area contributed by atoms with Crippen molar-refractivity contribution < 1.29 is 14.4 Å². The molecule has 5 aromatic carbocycles. The molecule has 1 saturated carbocycles. The van der Waals surface area contributed by atoms with Crippen molar-refractivity contribution in [3.8, 4) is 0 Å². The third-order valence-corrected chi connectivity index (χ3v) is 9.99. The van der Waals surface area contributed by atoms with E-state index in [1.54, 1.807) is 24.3 Å². The van der Waals surface area contributed by atoms with E-state index < -0.39 is 34.5 Å². The Labute approximate surface area is 260 Å². The van der Waals surface area contributed by atoms with E-state index in [1.807, 2.05) is 121 Å². The van der Waals surface area contributed by atoms with Crippen LogP contribution in [0.1, 0.15) is 22.3 Å². The monoisotopic (exact) mass is 591 g/mol. The minimum atomic E-state index is -1.43. The highest BCUT2D eigenvalue weighted by Gasteiger charge is 2.82. The second-order valence-electron chi connectivity index (χ2n) is 11.6. The van der Waals surface area contributed by atoms with Gasteiger partial charge < -0.3 is 0 Å². The zero-order valence-electron chi connectivity index (χ0n) is 23.6. The molecule has 2 aliphatic carbocycles. The lowest BCUT2D eigenvalue weighted by Crippen LogP contribution is -2.45. The smallest absolute Gasteiger partial charge is 0.239 e. The lowest BCUT2D eigenvalue weighted by atomic mass is 9.59. The van der Waals surface area contributed by atoms with E-state index in [0.717, 1.165) is 22.3 Å². The summed E-state index contributed by atoms with van der Waals surface area (Å²) in [6.45, 7) is 0. The van der Waals surface area contributed by atoms with Crippen molar-refractivity contribution in [2.75, 3.05) is 4.90 Å². The number of benzene rings is 5. The minimum absolute atomic E-state index is 0.143. The number of ketones is 1. The first kappa shape index (κ1) is 26.6. The number of anilines is 1. The van der Waals surface area contributed by atoms with Crippen molar-refractivity contribution in [1.29, 1.82) is 0 Å². The Kier molecular flexibility index (Phi) is 5.87. The van der Waals surface area contributed by atoms with Crippen molar-refractivity contribution in [3.05, 3.63) is 173 Å². The Bertz CT molecular complexity index is 1870. The van der Waals surface area contributed by atoms with Gasteiger partial charge in [-0.05, 0) is 45.5 Å². The van der Waals surface area contributed by atoms with Gasteiger partial charge in [0.2, 0.25) is 11.8 Å². The van der Waals surface area contributed by atoms with E-state index in [1.165, 1.54) is 4.90 Å². The van der Waals surface area contributed by atoms with Gasteiger partial charge in [0.05, 0.1) is 33.4 Å². The zero-order chi connectivity index (χ0) is 30.1. The van der Waals surface area contributed by atoms with Crippen LogP contribution in [0.2, 0.25) is 5.02 Å². The van der Waals surface area contributed by atoms with Gasteiger partial charge in [-0.3, -0.25) is 14.4 Å². The third-order valence-electron chi connectivity index (χ3n) is 9.67. The van der Waals surface area contributed by atoms with Gasteiger partial charge >= 0.3 is 0 Å². The molecule has 44 heavy (non-hydrogen) atoms. The largest absolute Gasteiger partial charge is 0.297 e. The van der Waals surface area contributed by atoms with E-state index in [-0.39, 0.29) is 5.78 Å². The minimum Gasteiger partial charge on any atom is -0.297 e. The number of Topliss-reactive ketones (excluding diaryl/α,β-unsaturated/α-hetero) is 1. The fourth-order valence-electron chi connectivity index (χ4n) is 8.20. The second kappa shape index (κ2) is 9.73. The second-order valence-corrected chi connectivity index (χ2v) is 12.0. The molecule has 5 heteroatoms. The van der Waals surface area contributed by atoms with E-state index in [0.29, 0.717) is 21.8 Å². The summed E-state index contributed by atoms with van der Waals surface area (Å²) in [5.74, 6) is -2.93. The molecule has 2 amide bonds. The molecule has 0 radical (unpaired) electrons. The first-order chi connectivity index (χ1) is 21.5. The predicted molar refractivity (Wildman–Crippen MR) is 172 cm³/mol. The zero-order valence-corrected chi connectivity index (χ0v) is 24.3. The number of carbonyl (C=O) groups is 3. The van der Waals surface area contributed by atoms with Crippen LogP contribution >= 0.6 is 11.6 Å². The molecule has 0 unspecified atom stereocenters. The average molecular weight is 592 g/mol. The predicted octanol–water partition coefficient (Wildman–Crippen LogP) is 7.53. The Balaban J connectivity index is 1.57. The maximum absolute atomic E-state index is 15.8. The molecule has 1 saturated heterocycles. The number of allylic oxidation sites excluding steroid dienone is 2. The van der Waals surface area contributed by atoms with Crippen molar-refractivity contribution >= 4 is 46.0 Å². The van der Waals surface area contributed by atoms with E-state index in [2.05, 4.69) is 0 Å². The molecular weight excluding hydrogens is 566 g/mol. The highest BCUT2D eigenvalue weighted by Crippen LogP contribution is 2.74. The molecular formula is C39H26ClNO3. The highest BCUT2D eigenvalue weighted by molar-refractivity contribution is 6.41. The Morgan fingerprint density at radius 1 is 0.477 bits per heavy atom. The summed E-state index contributed by atoms with van der Waals surface area (Å²) in [6, 6.07) is 45.6. The standard InChI is InChI=1S/C39H26ClNO3/c40-29-23-13-14-24-30(29)41-35(42)33-34(36(41)43)39(28-21-11-4-12-22-28)32(26-17-7-2-8-18-26)31(25-15-5-1-6-16-25)38(33,37(39)44)27-19-9-3-10-20-27/h1-24,33-34H/t33-,34+,38-,39-/m1/s1. The van der Waals surface area contributed by atoms with Crippen molar-refractivity contribution in [3.63, 3.8) is 0 Å². The number of imide groups is 1. The number of fused-ring (bicyclic) bond motifs is 5. The number of hydrogen-bond donors (Lipinski definition) is 0. The number of nitrogens with zero attached hydrogens (tertiary/aromatic N) is 1. The van der Waals surface area contributed by atoms with Crippen LogP contribution in [-0.4, -0.2) is 17.6 Å². The normalized spacial score (nSPS) is 25.6. The molecule has 0 spiro atoms. The fraction of sp³-hybridized carbons (Fsp3) is 0.103. The highest BCUT2D eigenvalue weighted by atomic mass is 35.5. The molecule has 3 aliphatic rings. The summed E-state index contributed by atoms with van der Waals surface area (Å²) in [6.07, 6.45) is 0. The summed E-state index contributed by atoms with van der Waals surface area (Å²) in [5.41, 5.74) is 2.09. The van der Waals surface area contributed by atoms with Gasteiger partial charge in [-0.25, -0.2) is 4.90 Å². The summed E-state index contributed by atoms with van der Waals surface area (Å²) < 4.78 is 0. The number of amides is 2. The first-order valence-electron chi connectivity index (χ1n) is 14.7. The van der Waals surface area contributed by atoms with Gasteiger partial charge in [0, 0.05) is 0 Å². The van der Waals surface area contributed by atoms with Crippen molar-refractivity contribution in [2.24, 2.45) is 11.8 Å². The summed E-state index contributed by atoms with van der Waals surface area (Å²) in [4.78, 5) is 46.9. The molecule has 2 bridgehead atoms. The number of para-hydroxylation sites is 1. The molecule has 5 aromatic rings. The molecule has 8 rings (SSSR count). The molecule has 2 fully saturated rings. The number of rotatable bonds is 5. The quantitative estimate of drug-likeness (QED) is 0.199. The third kappa shape index (κ3) is 3.21.